The van der Waals surface area contributed by atoms with E-state index in [-0.39, 0.29) is 61.3 Å². The van der Waals surface area contributed by atoms with Gasteiger partial charge in [0.25, 0.3) is 5.91 Å². The highest BCUT2D eigenvalue weighted by molar-refractivity contribution is 7.23. The van der Waals surface area contributed by atoms with Crippen molar-refractivity contribution in [2.45, 2.75) is 52.7 Å². The Labute approximate surface area is 256 Å². The third kappa shape index (κ3) is 5.53. The maximum Gasteiger partial charge on any atom is 0.429 e. The number of ether oxygens (including phenoxy) is 2. The fourth-order valence-corrected chi connectivity index (χ4v) is 6.12. The summed E-state index contributed by atoms with van der Waals surface area (Å²) in [4.78, 5) is 40.6. The van der Waals surface area contributed by atoms with E-state index in [1.54, 1.807) is 54.7 Å². The lowest BCUT2D eigenvalue weighted by Gasteiger charge is -2.32. The van der Waals surface area contributed by atoms with Crippen LogP contribution in [-0.4, -0.2) is 59.0 Å². The Hall–Kier alpha value is -4.70. The van der Waals surface area contributed by atoms with Gasteiger partial charge in [0.15, 0.2) is 0 Å². The highest BCUT2D eigenvalue weighted by Crippen LogP contribution is 2.45. The third-order valence-electron chi connectivity index (χ3n) is 6.78. The Bertz CT molecular complexity index is 1890. The molecule has 230 valence electrons. The van der Waals surface area contributed by atoms with Crippen LogP contribution in [0.5, 0.6) is 0 Å². The average molecular weight is 624 g/mol. The average Bonchev–Trinajstić information content (AvgIpc) is 3.48. The number of rotatable bonds is 2. The van der Waals surface area contributed by atoms with Crippen molar-refractivity contribution in [3.8, 4) is 17.2 Å². The summed E-state index contributed by atoms with van der Waals surface area (Å²) < 4.78 is 43.8. The van der Waals surface area contributed by atoms with Gasteiger partial charge in [0.2, 0.25) is 0 Å². The van der Waals surface area contributed by atoms with Gasteiger partial charge in [-0.3, -0.25) is 14.8 Å². The lowest BCUT2D eigenvalue weighted by atomic mass is 9.94. The first-order valence-corrected chi connectivity index (χ1v) is 14.6. The van der Waals surface area contributed by atoms with Crippen molar-refractivity contribution in [1.29, 1.82) is 5.26 Å². The number of amides is 3. The smallest absolute Gasteiger partial charge is 0.429 e. The summed E-state index contributed by atoms with van der Waals surface area (Å²) in [6, 6.07) is 7.16. The van der Waals surface area contributed by atoms with E-state index in [1.165, 1.54) is 26.8 Å². The van der Waals surface area contributed by atoms with E-state index in [0.717, 1.165) is 23.5 Å². The molecule has 0 saturated carbocycles. The van der Waals surface area contributed by atoms with E-state index in [0.29, 0.717) is 0 Å². The van der Waals surface area contributed by atoms with Crippen LogP contribution in [0.25, 0.3) is 32.1 Å². The van der Waals surface area contributed by atoms with Gasteiger partial charge < -0.3 is 14.4 Å². The molecular weight excluding hydrogens is 592 g/mol. The van der Waals surface area contributed by atoms with Crippen LogP contribution < -0.4 is 10.3 Å². The van der Waals surface area contributed by atoms with Gasteiger partial charge in [0.1, 0.15) is 33.9 Å². The molecule has 0 fully saturated rings. The van der Waals surface area contributed by atoms with E-state index >= 15 is 8.78 Å². The van der Waals surface area contributed by atoms with Gasteiger partial charge in [-0.2, -0.15) is 5.26 Å². The maximum absolute atomic E-state index is 16.2. The van der Waals surface area contributed by atoms with Gasteiger partial charge in [-0.1, -0.05) is 6.07 Å². The Kier molecular flexibility index (Phi) is 7.53. The third-order valence-corrected chi connectivity index (χ3v) is 7.89. The fourth-order valence-electron chi connectivity index (χ4n) is 5.05. The standard InChI is InChI=1S/C31H31F2N5O5S/c1-30(2,3)42-28(40)35-26-19(15-34)23-16(8-9-20(32)25(23)44-26)22-17-10-11-37-24(17)18(14-21(22)33)27(39)36(7)12-13-38(37)29(41)43-31(4,5)6/h8-11,14H,12-13H2,1-7H3,(H,35,40). The van der Waals surface area contributed by atoms with E-state index in [1.807, 2.05) is 6.07 Å². The number of nitrogens with zero attached hydrogens (tertiary/aromatic N) is 4. The zero-order valence-electron chi connectivity index (χ0n) is 25.3. The molecule has 3 amide bonds. The Morgan fingerprint density at radius 2 is 1.68 bits per heavy atom. The predicted octanol–water partition coefficient (Wildman–Crippen LogP) is 6.98. The van der Waals surface area contributed by atoms with Gasteiger partial charge in [-0.05, 0) is 65.3 Å². The first-order chi connectivity index (χ1) is 20.5. The number of anilines is 1. The minimum atomic E-state index is -0.836. The number of hydrogen-bond acceptors (Lipinski definition) is 7. The molecule has 2 aromatic heterocycles. The summed E-state index contributed by atoms with van der Waals surface area (Å²) in [7, 11) is 1.55. The fraction of sp³-hybridized carbons (Fsp3) is 0.355. The summed E-state index contributed by atoms with van der Waals surface area (Å²) in [6.07, 6.45) is 0.0346. The van der Waals surface area contributed by atoms with Gasteiger partial charge in [0.05, 0.1) is 27.9 Å². The van der Waals surface area contributed by atoms with Crippen LogP contribution in [-0.2, 0) is 9.47 Å². The molecule has 0 spiro atoms. The molecule has 10 nitrogen and oxygen atoms in total. The van der Waals surface area contributed by atoms with E-state index in [4.69, 9.17) is 9.47 Å². The number of benzene rings is 2. The van der Waals surface area contributed by atoms with Crippen molar-refractivity contribution in [3.05, 3.63) is 53.2 Å². The lowest BCUT2D eigenvalue weighted by Crippen LogP contribution is -2.49. The minimum absolute atomic E-state index is 0.00853. The van der Waals surface area contributed by atoms with Gasteiger partial charge in [-0.25, -0.2) is 23.4 Å². The molecule has 5 rings (SSSR count). The normalized spacial score (nSPS) is 14.0. The van der Waals surface area contributed by atoms with Crippen LogP contribution in [0.4, 0.5) is 23.4 Å². The molecule has 0 radical (unpaired) electrons. The Balaban J connectivity index is 1.77. The molecule has 1 aliphatic rings. The number of halogens is 2. The summed E-state index contributed by atoms with van der Waals surface area (Å²) >= 11 is 0.823. The van der Waals surface area contributed by atoms with Crippen molar-refractivity contribution in [2.75, 3.05) is 30.5 Å². The molecule has 0 saturated heterocycles. The van der Waals surface area contributed by atoms with Crippen molar-refractivity contribution >= 4 is 55.4 Å². The number of thiophene rings is 1. The van der Waals surface area contributed by atoms with Crippen molar-refractivity contribution in [1.82, 2.24) is 9.58 Å². The number of aromatic nitrogens is 1. The molecule has 0 bridgehead atoms. The summed E-state index contributed by atoms with van der Waals surface area (Å²) in [5.41, 5.74) is -1.30. The second-order valence-corrected chi connectivity index (χ2v) is 13.4. The topological polar surface area (TPSA) is 117 Å². The zero-order valence-corrected chi connectivity index (χ0v) is 26.1. The first-order valence-electron chi connectivity index (χ1n) is 13.8. The second-order valence-electron chi connectivity index (χ2n) is 12.4. The molecule has 2 aromatic carbocycles. The largest absolute Gasteiger partial charge is 0.444 e. The predicted molar refractivity (Wildman–Crippen MR) is 164 cm³/mol. The molecule has 3 heterocycles. The second kappa shape index (κ2) is 10.8. The molecule has 0 unspecified atom stereocenters. The number of nitriles is 1. The zero-order chi connectivity index (χ0) is 32.3. The summed E-state index contributed by atoms with van der Waals surface area (Å²) in [6.45, 7) is 10.5. The number of fused-ring (bicyclic) bond motifs is 1. The van der Waals surface area contributed by atoms with Crippen LogP contribution in [0.3, 0.4) is 0 Å². The quantitative estimate of drug-likeness (QED) is 0.258. The highest BCUT2D eigenvalue weighted by Gasteiger charge is 2.32. The van der Waals surface area contributed by atoms with E-state index in [9.17, 15) is 19.6 Å². The van der Waals surface area contributed by atoms with Gasteiger partial charge in [0, 0.05) is 36.1 Å². The van der Waals surface area contributed by atoms with Crippen LogP contribution in [0.15, 0.2) is 30.5 Å². The summed E-state index contributed by atoms with van der Waals surface area (Å²) in [5.74, 6) is -1.91. The lowest BCUT2D eigenvalue weighted by molar-refractivity contribution is 0.0527. The number of carbonyl (C=O) groups excluding carboxylic acids is 3. The van der Waals surface area contributed by atoms with E-state index < -0.39 is 40.9 Å². The number of carbonyl (C=O) groups is 3. The van der Waals surface area contributed by atoms with Crippen LogP contribution >= 0.6 is 11.3 Å². The molecular formula is C31H31F2N5O5S. The molecule has 4 aromatic rings. The summed E-state index contributed by atoms with van der Waals surface area (Å²) in [5, 5.41) is 14.4. The SMILES string of the molecule is CN1CCN(C(=O)OC(C)(C)C)n2ccc3c(-c4ccc(F)c5sc(NC(=O)OC(C)(C)C)c(C#N)c45)c(F)cc(c32)C1=O. The van der Waals surface area contributed by atoms with Crippen LogP contribution in [0.1, 0.15) is 57.5 Å². The monoisotopic (exact) mass is 623 g/mol. The Morgan fingerprint density at radius 1 is 1.00 bits per heavy atom. The maximum atomic E-state index is 16.2. The van der Waals surface area contributed by atoms with Crippen LogP contribution in [0.2, 0.25) is 0 Å². The number of likely N-dealkylation sites (N-methyl/N-ethyl adjacent to an activating group) is 1. The highest BCUT2D eigenvalue weighted by atomic mass is 32.1. The first kappa shape index (κ1) is 30.7. The Morgan fingerprint density at radius 3 is 2.32 bits per heavy atom. The molecule has 13 heteroatoms. The van der Waals surface area contributed by atoms with E-state index in [2.05, 4.69) is 5.32 Å². The van der Waals surface area contributed by atoms with Gasteiger partial charge >= 0.3 is 12.2 Å². The molecule has 1 aliphatic heterocycles. The molecule has 0 aliphatic carbocycles. The van der Waals surface area contributed by atoms with Gasteiger partial charge in [-0.15, -0.1) is 11.3 Å². The van der Waals surface area contributed by atoms with Crippen molar-refractivity contribution in [2.24, 2.45) is 0 Å². The molecule has 0 atom stereocenters. The van der Waals surface area contributed by atoms with Crippen molar-refractivity contribution < 1.29 is 32.6 Å². The number of nitrogens with one attached hydrogen (secondary N) is 1. The molecule has 44 heavy (non-hydrogen) atoms. The minimum Gasteiger partial charge on any atom is -0.444 e. The number of hydrogen-bond donors (Lipinski definition) is 1. The van der Waals surface area contributed by atoms with Crippen molar-refractivity contribution in [3.63, 3.8) is 0 Å². The van der Waals surface area contributed by atoms with Crippen LogP contribution in [0, 0.1) is 23.0 Å². The molecule has 1 N–H and O–H groups in total.